The van der Waals surface area contributed by atoms with Crippen LogP contribution in [0.15, 0.2) is 126 Å². The van der Waals surface area contributed by atoms with Crippen molar-refractivity contribution in [3.05, 3.63) is 127 Å². The lowest BCUT2D eigenvalue weighted by molar-refractivity contribution is 0.673. The third-order valence-corrected chi connectivity index (χ3v) is 11.8. The van der Waals surface area contributed by atoms with Crippen molar-refractivity contribution in [1.82, 2.24) is 9.05 Å². The van der Waals surface area contributed by atoms with Gasteiger partial charge in [0, 0.05) is 48.4 Å². The second-order valence-electron chi connectivity index (χ2n) is 12.9. The molecule has 0 unspecified atom stereocenters. The van der Waals surface area contributed by atoms with Crippen molar-refractivity contribution in [2.45, 2.75) is 6.92 Å². The second kappa shape index (κ2) is 8.00. The molecule has 0 radical (unpaired) electrons. The SMILES string of the molecule is Cc1ccccc1-c1cc2c3c(c1)-n1c4sc5ccccc5c4c4cccc(c41)B3n1c3c-2cccc3c2oc3ccccc3c21. The van der Waals surface area contributed by atoms with Gasteiger partial charge in [-0.05, 0) is 76.5 Å². The highest BCUT2D eigenvalue weighted by molar-refractivity contribution is 7.25. The van der Waals surface area contributed by atoms with Gasteiger partial charge in [-0.25, -0.2) is 0 Å². The van der Waals surface area contributed by atoms with Crippen LogP contribution >= 0.6 is 11.3 Å². The number of fused-ring (bicyclic) bond motifs is 14. The number of furan rings is 1. The van der Waals surface area contributed by atoms with Crippen LogP contribution in [0.3, 0.4) is 0 Å². The Bertz CT molecular complexity index is 3010. The maximum atomic E-state index is 6.68. The Labute approximate surface area is 267 Å². The molecule has 212 valence electrons. The summed E-state index contributed by atoms with van der Waals surface area (Å²) >= 11 is 1.91. The predicted octanol–water partition coefficient (Wildman–Crippen LogP) is 9.78. The Morgan fingerprint density at radius 2 is 1.39 bits per heavy atom. The number of nitrogens with zero attached hydrogens (tertiary/aromatic N) is 2. The van der Waals surface area contributed by atoms with Gasteiger partial charge in [0.1, 0.15) is 10.4 Å². The molecule has 6 aromatic carbocycles. The van der Waals surface area contributed by atoms with Crippen LogP contribution in [0.5, 0.6) is 0 Å². The molecule has 2 aliphatic heterocycles. The molecule has 6 heterocycles. The summed E-state index contributed by atoms with van der Waals surface area (Å²) in [6.07, 6.45) is 0. The highest BCUT2D eigenvalue weighted by atomic mass is 32.1. The fourth-order valence-corrected chi connectivity index (χ4v) is 10.1. The first-order valence-electron chi connectivity index (χ1n) is 15.9. The summed E-state index contributed by atoms with van der Waals surface area (Å²) in [4.78, 5) is 1.32. The van der Waals surface area contributed by atoms with E-state index in [1.165, 1.54) is 97.4 Å². The Hall–Kier alpha value is -5.52. The number of aryl methyl sites for hydroxylation is 1. The van der Waals surface area contributed by atoms with Crippen LogP contribution < -0.4 is 10.9 Å². The molecule has 10 aromatic rings. The van der Waals surface area contributed by atoms with E-state index in [1.807, 2.05) is 11.3 Å². The van der Waals surface area contributed by atoms with Crippen LogP contribution in [-0.2, 0) is 0 Å². The number of aromatic nitrogens is 2. The fourth-order valence-electron chi connectivity index (χ4n) is 8.85. The van der Waals surface area contributed by atoms with E-state index in [9.17, 15) is 0 Å². The Kier molecular flexibility index (Phi) is 4.14. The van der Waals surface area contributed by atoms with Crippen molar-refractivity contribution in [3.8, 4) is 27.9 Å². The summed E-state index contributed by atoms with van der Waals surface area (Å²) in [6, 6.07) is 44.8. The topological polar surface area (TPSA) is 23.0 Å². The summed E-state index contributed by atoms with van der Waals surface area (Å²) in [5.41, 5.74) is 16.1. The standard InChI is InChI=1S/C41H23BN2OS/c1-22-10-2-3-11-24(22)23-20-30-25-14-8-16-29-37(25)44(39-26-12-4-6-18-33(26)45-40(29)39)42-31-17-9-15-28-35-27-13-5-7-19-34(27)46-41(35)43(38(28)31)32(21-23)36(30)42/h2-21H,1H3. The lowest BCUT2D eigenvalue weighted by Gasteiger charge is -2.34. The summed E-state index contributed by atoms with van der Waals surface area (Å²) in [5.74, 6) is 0. The number of thiophene rings is 1. The molecular weight excluding hydrogens is 579 g/mol. The van der Waals surface area contributed by atoms with Crippen LogP contribution in [0.25, 0.3) is 92.1 Å². The average Bonchev–Trinajstić information content (AvgIpc) is 3.83. The van der Waals surface area contributed by atoms with E-state index < -0.39 is 0 Å². The summed E-state index contributed by atoms with van der Waals surface area (Å²) in [7, 11) is 0. The Balaban J connectivity index is 1.35. The monoisotopic (exact) mass is 602 g/mol. The molecule has 0 N–H and O–H groups in total. The van der Waals surface area contributed by atoms with Crippen LogP contribution in [0.1, 0.15) is 5.56 Å². The van der Waals surface area contributed by atoms with Gasteiger partial charge in [-0.15, -0.1) is 11.3 Å². The van der Waals surface area contributed by atoms with Crippen molar-refractivity contribution < 1.29 is 4.42 Å². The zero-order valence-corrected chi connectivity index (χ0v) is 25.7. The third kappa shape index (κ3) is 2.63. The smallest absolute Gasteiger partial charge is 0.333 e. The summed E-state index contributed by atoms with van der Waals surface area (Å²) < 4.78 is 13.2. The molecule has 3 nitrogen and oxygen atoms in total. The van der Waals surface area contributed by atoms with Crippen molar-refractivity contribution in [3.63, 3.8) is 0 Å². The first kappa shape index (κ1) is 23.8. The molecular formula is C41H23BN2OS. The van der Waals surface area contributed by atoms with Crippen LogP contribution in [0.4, 0.5) is 0 Å². The molecule has 0 saturated carbocycles. The highest BCUT2D eigenvalue weighted by Crippen LogP contribution is 2.48. The molecule has 0 bridgehead atoms. The molecule has 12 rings (SSSR count). The van der Waals surface area contributed by atoms with Crippen LogP contribution in [0, 0.1) is 6.92 Å². The van der Waals surface area contributed by atoms with Crippen molar-refractivity contribution in [2.75, 3.05) is 0 Å². The molecule has 0 saturated heterocycles. The minimum absolute atomic E-state index is 0.0123. The predicted molar refractivity (Wildman–Crippen MR) is 195 cm³/mol. The maximum Gasteiger partial charge on any atom is 0.333 e. The van der Waals surface area contributed by atoms with Gasteiger partial charge in [0.2, 0.25) is 0 Å². The highest BCUT2D eigenvalue weighted by Gasteiger charge is 2.42. The largest absolute Gasteiger partial charge is 0.454 e. The van der Waals surface area contributed by atoms with Gasteiger partial charge in [0.15, 0.2) is 5.58 Å². The molecule has 46 heavy (non-hydrogen) atoms. The van der Waals surface area contributed by atoms with Gasteiger partial charge in [0.05, 0.1) is 11.0 Å². The van der Waals surface area contributed by atoms with Crippen molar-refractivity contribution >= 4 is 93.3 Å². The second-order valence-corrected chi connectivity index (χ2v) is 13.9. The van der Waals surface area contributed by atoms with Crippen molar-refractivity contribution in [2.24, 2.45) is 0 Å². The quantitative estimate of drug-likeness (QED) is 0.172. The Morgan fingerprint density at radius 3 is 2.33 bits per heavy atom. The molecule has 0 atom stereocenters. The summed E-state index contributed by atoms with van der Waals surface area (Å²) in [6.45, 7) is 2.24. The van der Waals surface area contributed by atoms with E-state index in [-0.39, 0.29) is 6.85 Å². The number of hydrogen-bond donors (Lipinski definition) is 0. The number of benzene rings is 6. The van der Waals surface area contributed by atoms with E-state index in [0.717, 1.165) is 11.2 Å². The molecule has 0 aliphatic carbocycles. The number of rotatable bonds is 1. The minimum atomic E-state index is 0.0123. The van der Waals surface area contributed by atoms with Gasteiger partial charge in [-0.3, -0.25) is 0 Å². The van der Waals surface area contributed by atoms with E-state index in [0.29, 0.717) is 0 Å². The van der Waals surface area contributed by atoms with Crippen LogP contribution in [-0.4, -0.2) is 15.9 Å². The molecule has 5 heteroatoms. The Morgan fingerprint density at radius 1 is 0.630 bits per heavy atom. The fraction of sp³-hybridized carbons (Fsp3) is 0.0244. The maximum absolute atomic E-state index is 6.68. The van der Waals surface area contributed by atoms with E-state index in [1.54, 1.807) is 0 Å². The van der Waals surface area contributed by atoms with E-state index in [2.05, 4.69) is 137 Å². The van der Waals surface area contributed by atoms with Gasteiger partial charge in [-0.1, -0.05) is 84.9 Å². The minimum Gasteiger partial charge on any atom is -0.454 e. The molecule has 0 amide bonds. The zero-order valence-electron chi connectivity index (χ0n) is 24.8. The molecule has 2 aliphatic rings. The van der Waals surface area contributed by atoms with E-state index >= 15 is 0 Å². The first-order valence-corrected chi connectivity index (χ1v) is 16.7. The zero-order chi connectivity index (χ0) is 29.8. The number of para-hydroxylation sites is 3. The summed E-state index contributed by atoms with van der Waals surface area (Å²) in [5, 5.41) is 6.37. The average molecular weight is 603 g/mol. The normalized spacial score (nSPS) is 13.3. The lowest BCUT2D eigenvalue weighted by Crippen LogP contribution is -2.55. The van der Waals surface area contributed by atoms with Gasteiger partial charge < -0.3 is 13.5 Å². The van der Waals surface area contributed by atoms with Crippen molar-refractivity contribution in [1.29, 1.82) is 0 Å². The first-order chi connectivity index (χ1) is 22.8. The van der Waals surface area contributed by atoms with Gasteiger partial charge in [-0.2, -0.15) is 0 Å². The molecule has 4 aromatic heterocycles. The van der Waals surface area contributed by atoms with Crippen LogP contribution in [0.2, 0.25) is 0 Å². The third-order valence-electron chi connectivity index (χ3n) is 10.6. The van der Waals surface area contributed by atoms with Gasteiger partial charge >= 0.3 is 6.85 Å². The number of hydrogen-bond acceptors (Lipinski definition) is 2. The molecule has 0 fully saturated rings. The van der Waals surface area contributed by atoms with E-state index in [4.69, 9.17) is 4.42 Å². The van der Waals surface area contributed by atoms with Gasteiger partial charge in [0.25, 0.3) is 0 Å². The molecule has 0 spiro atoms. The lowest BCUT2D eigenvalue weighted by atomic mass is 9.45.